The number of nitrogens with one attached hydrogen (secondary N) is 1. The molecule has 0 spiro atoms. The molecule has 1 heterocycles. The number of amides is 1. The first-order valence-corrected chi connectivity index (χ1v) is 11.4. The molecular formula is C27H34N3O3+. The van der Waals surface area contributed by atoms with Crippen molar-refractivity contribution in [1.82, 2.24) is 5.32 Å². The highest BCUT2D eigenvalue weighted by atomic mass is 16.5. The molecule has 1 aromatic heterocycles. The maximum Gasteiger partial charge on any atom is 0.220 e. The largest absolute Gasteiger partial charge is 0.493 e. The summed E-state index contributed by atoms with van der Waals surface area (Å²) in [4.78, 5) is 11.8. The zero-order valence-electron chi connectivity index (χ0n) is 19.5. The highest BCUT2D eigenvalue weighted by molar-refractivity contribution is 5.77. The molecule has 33 heavy (non-hydrogen) atoms. The maximum atomic E-state index is 11.8. The average molecular weight is 449 g/mol. The Morgan fingerprint density at radius 1 is 0.970 bits per heavy atom. The van der Waals surface area contributed by atoms with Crippen LogP contribution in [-0.2, 0) is 11.3 Å². The molecule has 0 unspecified atom stereocenters. The van der Waals surface area contributed by atoms with Crippen LogP contribution in [0.3, 0.4) is 0 Å². The predicted molar refractivity (Wildman–Crippen MR) is 133 cm³/mol. The smallest absolute Gasteiger partial charge is 0.220 e. The van der Waals surface area contributed by atoms with Crippen molar-refractivity contribution in [3.8, 4) is 11.5 Å². The van der Waals surface area contributed by atoms with Gasteiger partial charge >= 0.3 is 0 Å². The van der Waals surface area contributed by atoms with Gasteiger partial charge in [0.05, 0.1) is 14.2 Å². The van der Waals surface area contributed by atoms with E-state index in [0.717, 1.165) is 37.1 Å². The molecule has 2 aromatic carbocycles. The van der Waals surface area contributed by atoms with E-state index in [9.17, 15) is 4.79 Å². The molecule has 0 saturated carbocycles. The number of unbranched alkanes of at least 4 members (excludes halogenated alkanes) is 2. The van der Waals surface area contributed by atoms with E-state index in [-0.39, 0.29) is 5.91 Å². The second-order valence-electron chi connectivity index (χ2n) is 7.87. The number of para-hydroxylation sites is 1. The average Bonchev–Trinajstić information content (AvgIpc) is 2.86. The molecule has 3 N–H and O–H groups in total. The van der Waals surface area contributed by atoms with Gasteiger partial charge in [-0.05, 0) is 48.7 Å². The van der Waals surface area contributed by atoms with Gasteiger partial charge in [0.2, 0.25) is 17.1 Å². The monoisotopic (exact) mass is 448 g/mol. The maximum absolute atomic E-state index is 11.8. The Balaban J connectivity index is 1.74. The molecule has 0 aliphatic carbocycles. The van der Waals surface area contributed by atoms with E-state index in [2.05, 4.69) is 58.4 Å². The molecule has 0 aliphatic rings. The number of nitrogens with zero attached hydrogens (tertiary/aromatic N) is 1. The van der Waals surface area contributed by atoms with Gasteiger partial charge in [-0.2, -0.15) is 4.57 Å². The van der Waals surface area contributed by atoms with Crippen molar-refractivity contribution in [3.63, 3.8) is 0 Å². The molecule has 174 valence electrons. The zero-order valence-corrected chi connectivity index (χ0v) is 19.5. The molecule has 6 nitrogen and oxygen atoms in total. The Hall–Kier alpha value is -3.38. The van der Waals surface area contributed by atoms with Crippen LogP contribution in [0.1, 0.15) is 36.9 Å². The molecule has 1 amide bonds. The SMILES string of the molecule is COc1ccc(/C=C/c2ccc3ccccc3[n+]2CCCCCC(=O)NCCN)cc1OC. The van der Waals surface area contributed by atoms with Crippen molar-refractivity contribution in [2.24, 2.45) is 5.73 Å². The molecule has 6 heteroatoms. The predicted octanol–water partition coefficient (Wildman–Crippen LogP) is 3.95. The van der Waals surface area contributed by atoms with Gasteiger partial charge in [0.15, 0.2) is 11.5 Å². The Kier molecular flexibility index (Phi) is 9.27. The molecule has 3 aromatic rings. The zero-order chi connectivity index (χ0) is 23.5. The molecule has 0 atom stereocenters. The Morgan fingerprint density at radius 3 is 2.58 bits per heavy atom. The van der Waals surface area contributed by atoms with Gasteiger partial charge < -0.3 is 20.5 Å². The number of aryl methyl sites for hydroxylation is 1. The highest BCUT2D eigenvalue weighted by Gasteiger charge is 2.14. The fraction of sp³-hybridized carbons (Fsp3) is 0.333. The van der Waals surface area contributed by atoms with E-state index >= 15 is 0 Å². The fourth-order valence-electron chi connectivity index (χ4n) is 3.84. The molecule has 0 saturated heterocycles. The normalized spacial score (nSPS) is 11.1. The molecule has 3 rings (SSSR count). The van der Waals surface area contributed by atoms with Crippen molar-refractivity contribution in [1.29, 1.82) is 0 Å². The minimum absolute atomic E-state index is 0.0804. The van der Waals surface area contributed by atoms with Crippen LogP contribution < -0.4 is 25.1 Å². The van der Waals surface area contributed by atoms with Gasteiger partial charge in [0.25, 0.3) is 0 Å². The number of pyridine rings is 1. The summed E-state index contributed by atoms with van der Waals surface area (Å²) in [7, 11) is 3.28. The van der Waals surface area contributed by atoms with Crippen LogP contribution in [0, 0.1) is 0 Å². The summed E-state index contributed by atoms with van der Waals surface area (Å²) in [5.74, 6) is 1.51. The fourth-order valence-corrected chi connectivity index (χ4v) is 3.84. The number of hydrogen-bond acceptors (Lipinski definition) is 4. The lowest BCUT2D eigenvalue weighted by Crippen LogP contribution is -2.38. The van der Waals surface area contributed by atoms with Gasteiger partial charge in [-0.1, -0.05) is 18.2 Å². The van der Waals surface area contributed by atoms with Gasteiger partial charge in [-0.25, -0.2) is 0 Å². The summed E-state index contributed by atoms with van der Waals surface area (Å²) in [5.41, 5.74) is 8.80. The van der Waals surface area contributed by atoms with Crippen molar-refractivity contribution < 1.29 is 18.8 Å². The van der Waals surface area contributed by atoms with E-state index in [1.54, 1.807) is 14.2 Å². The topological polar surface area (TPSA) is 77.5 Å². The number of methoxy groups -OCH3 is 2. The lowest BCUT2D eigenvalue weighted by atomic mass is 10.1. The molecule has 0 radical (unpaired) electrons. The van der Waals surface area contributed by atoms with Crippen LogP contribution in [0.4, 0.5) is 0 Å². The first-order chi connectivity index (χ1) is 16.2. The van der Waals surface area contributed by atoms with E-state index in [4.69, 9.17) is 15.2 Å². The summed E-state index contributed by atoms with van der Waals surface area (Å²) in [6.07, 6.45) is 7.63. The molecule has 0 aliphatic heterocycles. The van der Waals surface area contributed by atoms with E-state index in [1.165, 1.54) is 10.9 Å². The molecular weight excluding hydrogens is 414 g/mol. The van der Waals surface area contributed by atoms with Crippen LogP contribution in [0.15, 0.2) is 54.6 Å². The number of ether oxygens (including phenoxy) is 2. The summed E-state index contributed by atoms with van der Waals surface area (Å²) >= 11 is 0. The number of nitrogens with two attached hydrogens (primary N) is 1. The van der Waals surface area contributed by atoms with E-state index < -0.39 is 0 Å². The third kappa shape index (κ3) is 6.80. The first kappa shape index (κ1) is 24.3. The Bertz CT molecular complexity index is 1100. The summed E-state index contributed by atoms with van der Waals surface area (Å²) in [6.45, 7) is 1.90. The minimum Gasteiger partial charge on any atom is -0.493 e. The lowest BCUT2D eigenvalue weighted by molar-refractivity contribution is -0.673. The van der Waals surface area contributed by atoms with Crippen molar-refractivity contribution in [3.05, 3.63) is 65.9 Å². The van der Waals surface area contributed by atoms with Gasteiger partial charge in [-0.3, -0.25) is 4.79 Å². The van der Waals surface area contributed by atoms with Crippen molar-refractivity contribution >= 4 is 29.0 Å². The quantitative estimate of drug-likeness (QED) is 0.325. The van der Waals surface area contributed by atoms with Crippen LogP contribution >= 0.6 is 0 Å². The van der Waals surface area contributed by atoms with Crippen LogP contribution in [0.2, 0.25) is 0 Å². The standard InChI is InChI=1S/C27H33N3O3/c1-32-25-16-12-21(20-26(25)33-2)11-14-23-15-13-22-8-5-6-9-24(22)30(23)19-7-3-4-10-27(31)29-18-17-28/h5-6,8-9,11-16,20H,3-4,7,10,17-19,28H2,1-2H3/p+1/b14-11+. The number of rotatable bonds is 12. The van der Waals surface area contributed by atoms with Crippen molar-refractivity contribution in [2.45, 2.75) is 32.2 Å². The molecule has 0 fully saturated rings. The second kappa shape index (κ2) is 12.6. The van der Waals surface area contributed by atoms with E-state index in [1.807, 2.05) is 18.2 Å². The summed E-state index contributed by atoms with van der Waals surface area (Å²) < 4.78 is 13.1. The van der Waals surface area contributed by atoms with Gasteiger partial charge in [-0.15, -0.1) is 0 Å². The van der Waals surface area contributed by atoms with Crippen LogP contribution in [0.25, 0.3) is 23.1 Å². The third-order valence-electron chi connectivity index (χ3n) is 5.58. The lowest BCUT2D eigenvalue weighted by Gasteiger charge is -2.08. The first-order valence-electron chi connectivity index (χ1n) is 11.4. The van der Waals surface area contributed by atoms with E-state index in [0.29, 0.717) is 31.0 Å². The second-order valence-corrected chi connectivity index (χ2v) is 7.87. The third-order valence-corrected chi connectivity index (χ3v) is 5.58. The minimum atomic E-state index is 0.0804. The summed E-state index contributed by atoms with van der Waals surface area (Å²) in [5, 5.41) is 4.04. The Labute approximate surface area is 196 Å². The number of hydrogen-bond donors (Lipinski definition) is 2. The van der Waals surface area contributed by atoms with Crippen LogP contribution in [-0.4, -0.2) is 33.2 Å². The van der Waals surface area contributed by atoms with Gasteiger partial charge in [0, 0.05) is 49.5 Å². The Morgan fingerprint density at radius 2 is 1.79 bits per heavy atom. The van der Waals surface area contributed by atoms with Crippen molar-refractivity contribution in [2.75, 3.05) is 27.3 Å². The molecule has 0 bridgehead atoms. The number of fused-ring (bicyclic) bond motifs is 1. The number of carbonyl (C=O) groups excluding carboxylic acids is 1. The number of aromatic nitrogens is 1. The summed E-state index contributed by atoms with van der Waals surface area (Å²) in [6, 6.07) is 18.6. The highest BCUT2D eigenvalue weighted by Crippen LogP contribution is 2.28. The number of carbonyl (C=O) groups is 1. The number of benzene rings is 2. The van der Waals surface area contributed by atoms with Crippen LogP contribution in [0.5, 0.6) is 11.5 Å². The van der Waals surface area contributed by atoms with Gasteiger partial charge in [0.1, 0.15) is 6.54 Å².